The van der Waals surface area contributed by atoms with Gasteiger partial charge in [0.15, 0.2) is 5.82 Å². The monoisotopic (exact) mass is 715 g/mol. The molecule has 0 amide bonds. The Morgan fingerprint density at radius 3 is 1.34 bits per heavy atom. The molecule has 0 saturated carbocycles. The van der Waals surface area contributed by atoms with Crippen LogP contribution in [0, 0.1) is 0 Å². The summed E-state index contributed by atoms with van der Waals surface area (Å²) in [6.45, 7) is 0. The molecule has 56 heavy (non-hydrogen) atoms. The first-order valence-electron chi connectivity index (χ1n) is 18.9. The molecule has 0 atom stereocenters. The molecule has 4 heteroatoms. The SMILES string of the molecule is c1ccc(-c2cc(-c3ccccc3)nc(-c3ccc(-c4cccc5c4-c4c(-c6ccncc6)cccc4C54c5ccccc5Oc5ccccc54)cc3)n2)cc1. The van der Waals surface area contributed by atoms with Gasteiger partial charge in [0.1, 0.15) is 11.5 Å². The molecule has 7 aromatic carbocycles. The predicted octanol–water partition coefficient (Wildman–Crippen LogP) is 12.7. The first-order valence-corrected chi connectivity index (χ1v) is 18.9. The van der Waals surface area contributed by atoms with E-state index in [0.717, 1.165) is 61.8 Å². The van der Waals surface area contributed by atoms with Crippen molar-refractivity contribution in [2.24, 2.45) is 0 Å². The summed E-state index contributed by atoms with van der Waals surface area (Å²) in [6, 6.07) is 66.3. The molecule has 0 bridgehead atoms. The predicted molar refractivity (Wildman–Crippen MR) is 224 cm³/mol. The number of benzene rings is 7. The second-order valence-corrected chi connectivity index (χ2v) is 14.3. The van der Waals surface area contributed by atoms with Crippen molar-refractivity contribution < 1.29 is 4.74 Å². The summed E-state index contributed by atoms with van der Waals surface area (Å²) in [6.07, 6.45) is 3.75. The van der Waals surface area contributed by atoms with Crippen LogP contribution in [0.4, 0.5) is 0 Å². The number of fused-ring (bicyclic) bond motifs is 9. The van der Waals surface area contributed by atoms with Crippen LogP contribution < -0.4 is 4.74 Å². The fraction of sp³-hybridized carbons (Fsp3) is 0.0192. The smallest absolute Gasteiger partial charge is 0.160 e. The molecule has 2 aliphatic rings. The summed E-state index contributed by atoms with van der Waals surface area (Å²) in [5, 5.41) is 0. The fourth-order valence-corrected chi connectivity index (χ4v) is 8.89. The molecule has 9 aromatic rings. The molecule has 262 valence electrons. The lowest BCUT2D eigenvalue weighted by atomic mass is 9.66. The zero-order chi connectivity index (χ0) is 37.1. The van der Waals surface area contributed by atoms with Crippen molar-refractivity contribution in [1.82, 2.24) is 15.0 Å². The first kappa shape index (κ1) is 32.0. The summed E-state index contributed by atoms with van der Waals surface area (Å²) in [4.78, 5) is 14.6. The van der Waals surface area contributed by atoms with Gasteiger partial charge in [0.25, 0.3) is 0 Å². The van der Waals surface area contributed by atoms with Crippen LogP contribution in [0.15, 0.2) is 200 Å². The highest BCUT2D eigenvalue weighted by Gasteiger charge is 2.52. The van der Waals surface area contributed by atoms with Crippen LogP contribution in [-0.2, 0) is 5.41 Å². The third kappa shape index (κ3) is 4.89. The number of hydrogen-bond donors (Lipinski definition) is 0. The maximum absolute atomic E-state index is 6.63. The Hall–Kier alpha value is -7.43. The Labute approximate surface area is 325 Å². The van der Waals surface area contributed by atoms with Crippen molar-refractivity contribution in [3.05, 3.63) is 223 Å². The standard InChI is InChI=1S/C52H33N3O/c1-3-13-36(14-4-1)45-33-46(37-15-5-2-6-16-37)55-51(54-45)38-27-25-34(26-28-38)39-17-11-21-43-49(39)50-40(35-29-31-53-32-30-35)18-12-22-44(50)52(43)41-19-7-9-23-47(41)56-48-24-10-8-20-42(48)52/h1-33H. The average Bonchev–Trinajstić information content (AvgIpc) is 3.58. The Kier molecular flexibility index (Phi) is 7.36. The van der Waals surface area contributed by atoms with Crippen LogP contribution in [0.3, 0.4) is 0 Å². The van der Waals surface area contributed by atoms with Gasteiger partial charge in [0.05, 0.1) is 16.8 Å². The molecule has 0 fully saturated rings. The largest absolute Gasteiger partial charge is 0.457 e. The first-order chi connectivity index (χ1) is 27.8. The lowest BCUT2D eigenvalue weighted by Crippen LogP contribution is -2.32. The molecule has 1 aliphatic carbocycles. The highest BCUT2D eigenvalue weighted by molar-refractivity contribution is 6.02. The maximum Gasteiger partial charge on any atom is 0.160 e. The quantitative estimate of drug-likeness (QED) is 0.178. The van der Waals surface area contributed by atoms with Crippen molar-refractivity contribution in [1.29, 1.82) is 0 Å². The number of rotatable bonds is 5. The fourth-order valence-electron chi connectivity index (χ4n) is 8.89. The maximum atomic E-state index is 6.63. The summed E-state index contributed by atoms with van der Waals surface area (Å²) >= 11 is 0. The lowest BCUT2D eigenvalue weighted by molar-refractivity contribution is 0.436. The Morgan fingerprint density at radius 2 is 0.804 bits per heavy atom. The zero-order valence-corrected chi connectivity index (χ0v) is 30.3. The second kappa shape index (κ2) is 12.9. The minimum Gasteiger partial charge on any atom is -0.457 e. The van der Waals surface area contributed by atoms with Gasteiger partial charge in [0, 0.05) is 40.2 Å². The van der Waals surface area contributed by atoms with Crippen LogP contribution in [0.1, 0.15) is 22.3 Å². The van der Waals surface area contributed by atoms with Crippen LogP contribution in [-0.4, -0.2) is 15.0 Å². The number of para-hydroxylation sites is 2. The lowest BCUT2D eigenvalue weighted by Gasteiger charge is -2.39. The van der Waals surface area contributed by atoms with Crippen molar-refractivity contribution in [3.63, 3.8) is 0 Å². The molecule has 1 spiro atoms. The van der Waals surface area contributed by atoms with E-state index in [2.05, 4.69) is 157 Å². The van der Waals surface area contributed by atoms with Crippen molar-refractivity contribution in [3.8, 4) is 78.8 Å². The Balaban J connectivity index is 1.13. The van der Waals surface area contributed by atoms with E-state index in [9.17, 15) is 0 Å². The minimum atomic E-state index is -0.589. The Morgan fingerprint density at radius 1 is 0.357 bits per heavy atom. The van der Waals surface area contributed by atoms with E-state index in [-0.39, 0.29) is 0 Å². The van der Waals surface area contributed by atoms with Gasteiger partial charge in [-0.15, -0.1) is 0 Å². The highest BCUT2D eigenvalue weighted by Crippen LogP contribution is 2.64. The summed E-state index contributed by atoms with van der Waals surface area (Å²) in [5.74, 6) is 2.44. The minimum absolute atomic E-state index is 0.589. The summed E-state index contributed by atoms with van der Waals surface area (Å²) in [7, 11) is 0. The molecule has 1 aliphatic heterocycles. The van der Waals surface area contributed by atoms with Crippen LogP contribution in [0.5, 0.6) is 11.5 Å². The molecular formula is C52H33N3O. The van der Waals surface area contributed by atoms with E-state index < -0.39 is 5.41 Å². The van der Waals surface area contributed by atoms with E-state index >= 15 is 0 Å². The van der Waals surface area contributed by atoms with E-state index in [4.69, 9.17) is 14.7 Å². The van der Waals surface area contributed by atoms with Crippen molar-refractivity contribution in [2.45, 2.75) is 5.41 Å². The number of ether oxygens (including phenoxy) is 1. The Bertz CT molecular complexity index is 2820. The summed E-state index contributed by atoms with van der Waals surface area (Å²) in [5.41, 5.74) is 16.1. The number of pyridine rings is 1. The molecule has 0 radical (unpaired) electrons. The number of nitrogens with zero attached hydrogens (tertiary/aromatic N) is 3. The molecular weight excluding hydrogens is 683 g/mol. The van der Waals surface area contributed by atoms with Crippen LogP contribution >= 0.6 is 0 Å². The van der Waals surface area contributed by atoms with Gasteiger partial charge in [0.2, 0.25) is 0 Å². The van der Waals surface area contributed by atoms with Crippen molar-refractivity contribution in [2.75, 3.05) is 0 Å². The topological polar surface area (TPSA) is 47.9 Å². The average molecular weight is 716 g/mol. The zero-order valence-electron chi connectivity index (χ0n) is 30.3. The van der Waals surface area contributed by atoms with Gasteiger partial charge < -0.3 is 4.74 Å². The number of aromatic nitrogens is 3. The van der Waals surface area contributed by atoms with Gasteiger partial charge in [-0.2, -0.15) is 0 Å². The normalized spacial score (nSPS) is 12.9. The van der Waals surface area contributed by atoms with Gasteiger partial charge in [-0.1, -0.05) is 158 Å². The van der Waals surface area contributed by atoms with Crippen LogP contribution in [0.25, 0.3) is 67.3 Å². The third-order valence-corrected chi connectivity index (χ3v) is 11.3. The van der Waals surface area contributed by atoms with Gasteiger partial charge in [-0.25, -0.2) is 9.97 Å². The molecule has 0 saturated heterocycles. The van der Waals surface area contributed by atoms with E-state index in [1.165, 1.54) is 33.4 Å². The van der Waals surface area contributed by atoms with Gasteiger partial charge in [-0.3, -0.25) is 4.98 Å². The molecule has 11 rings (SSSR count). The van der Waals surface area contributed by atoms with Crippen molar-refractivity contribution >= 4 is 0 Å². The van der Waals surface area contributed by atoms with E-state index in [1.807, 2.05) is 48.8 Å². The third-order valence-electron chi connectivity index (χ3n) is 11.3. The molecule has 0 unspecified atom stereocenters. The second-order valence-electron chi connectivity index (χ2n) is 14.3. The van der Waals surface area contributed by atoms with E-state index in [0.29, 0.717) is 5.82 Å². The molecule has 4 nitrogen and oxygen atoms in total. The van der Waals surface area contributed by atoms with E-state index in [1.54, 1.807) is 0 Å². The summed E-state index contributed by atoms with van der Waals surface area (Å²) < 4.78 is 6.63. The highest BCUT2D eigenvalue weighted by atomic mass is 16.5. The van der Waals surface area contributed by atoms with Gasteiger partial charge in [-0.05, 0) is 74.8 Å². The van der Waals surface area contributed by atoms with Crippen LogP contribution in [0.2, 0.25) is 0 Å². The molecule has 3 heterocycles. The van der Waals surface area contributed by atoms with Gasteiger partial charge >= 0.3 is 0 Å². The molecule has 0 N–H and O–H groups in total. The molecule has 2 aromatic heterocycles. The number of hydrogen-bond acceptors (Lipinski definition) is 4.